The van der Waals surface area contributed by atoms with Crippen LogP contribution in [0.5, 0.6) is 0 Å². The van der Waals surface area contributed by atoms with Crippen LogP contribution >= 0.6 is 0 Å². The zero-order valence-electron chi connectivity index (χ0n) is 14.9. The van der Waals surface area contributed by atoms with Crippen LogP contribution in [-0.2, 0) is 4.74 Å². The molecular formula is C21H30N2O. The molecule has 3 nitrogen and oxygen atoms in total. The molecule has 1 N–H and O–H groups in total. The number of piperazine rings is 1. The second-order valence-corrected chi connectivity index (χ2v) is 6.27. The minimum atomic E-state index is 0.313. The Kier molecular flexibility index (Phi) is 7.96. The fourth-order valence-corrected chi connectivity index (χ4v) is 3.31. The molecule has 0 aliphatic carbocycles. The summed E-state index contributed by atoms with van der Waals surface area (Å²) < 4.78 is 5.25. The normalized spacial score (nSPS) is 21.1. The fourth-order valence-electron chi connectivity index (χ4n) is 3.31. The predicted molar refractivity (Wildman–Crippen MR) is 102 cm³/mol. The Morgan fingerprint density at radius 2 is 2.17 bits per heavy atom. The van der Waals surface area contributed by atoms with E-state index < -0.39 is 0 Å². The summed E-state index contributed by atoms with van der Waals surface area (Å²) in [6.07, 6.45) is 9.11. The van der Waals surface area contributed by atoms with Crippen molar-refractivity contribution in [3.05, 3.63) is 72.4 Å². The average Bonchev–Trinajstić information content (AvgIpc) is 2.62. The lowest BCUT2D eigenvalue weighted by Crippen LogP contribution is -2.52. The van der Waals surface area contributed by atoms with E-state index in [1.165, 1.54) is 11.1 Å². The molecule has 1 unspecified atom stereocenters. The number of methoxy groups -OCH3 is 1. The summed E-state index contributed by atoms with van der Waals surface area (Å²) in [5, 5.41) is 3.61. The summed E-state index contributed by atoms with van der Waals surface area (Å²) in [6.45, 7) is 9.88. The molecule has 1 aromatic carbocycles. The molecule has 1 aliphatic heterocycles. The summed E-state index contributed by atoms with van der Waals surface area (Å²) in [5.74, 6) is 0. The molecule has 0 amide bonds. The number of ether oxygens (including phenoxy) is 1. The molecule has 2 rings (SSSR count). The van der Waals surface area contributed by atoms with Gasteiger partial charge in [-0.15, -0.1) is 0 Å². The van der Waals surface area contributed by atoms with Crippen molar-refractivity contribution in [2.75, 3.05) is 33.4 Å². The van der Waals surface area contributed by atoms with Crippen molar-refractivity contribution in [1.82, 2.24) is 10.2 Å². The molecule has 1 fully saturated rings. The van der Waals surface area contributed by atoms with Crippen LogP contribution in [-0.4, -0.2) is 44.3 Å². The van der Waals surface area contributed by atoms with E-state index in [9.17, 15) is 0 Å². The lowest BCUT2D eigenvalue weighted by molar-refractivity contribution is 0.129. The van der Waals surface area contributed by atoms with Gasteiger partial charge in [-0.1, -0.05) is 66.8 Å². The fraction of sp³-hybridized carbons (Fsp3) is 0.429. The highest BCUT2D eigenvalue weighted by atomic mass is 16.5. The quantitative estimate of drug-likeness (QED) is 0.737. The van der Waals surface area contributed by atoms with Crippen molar-refractivity contribution in [3.63, 3.8) is 0 Å². The number of rotatable bonds is 8. The summed E-state index contributed by atoms with van der Waals surface area (Å²) in [5.41, 5.74) is 2.71. The van der Waals surface area contributed by atoms with E-state index in [2.05, 4.69) is 66.2 Å². The number of hydrogen-bond donors (Lipinski definition) is 1. The van der Waals surface area contributed by atoms with Crippen LogP contribution in [0.15, 0.2) is 66.8 Å². The van der Waals surface area contributed by atoms with Crippen LogP contribution in [0.4, 0.5) is 0 Å². The third kappa shape index (κ3) is 5.45. The summed E-state index contributed by atoms with van der Waals surface area (Å²) in [6, 6.07) is 11.6. The van der Waals surface area contributed by atoms with E-state index in [1.54, 1.807) is 7.11 Å². The third-order valence-corrected chi connectivity index (χ3v) is 4.48. The van der Waals surface area contributed by atoms with E-state index in [4.69, 9.17) is 4.74 Å². The van der Waals surface area contributed by atoms with E-state index in [1.807, 2.05) is 12.2 Å². The molecule has 3 heteroatoms. The Hall–Kier alpha value is -1.68. The smallest absolute Gasteiger partial charge is 0.0562 e. The SMILES string of the molecule is C=C/C=C\C=C(/C)C(c1ccccc1)N1CCN[C@@H](CCOC)C1. The topological polar surface area (TPSA) is 24.5 Å². The molecule has 2 atom stereocenters. The molecule has 24 heavy (non-hydrogen) atoms. The summed E-state index contributed by atoms with van der Waals surface area (Å²) in [7, 11) is 1.77. The molecule has 130 valence electrons. The summed E-state index contributed by atoms with van der Waals surface area (Å²) in [4.78, 5) is 2.58. The standard InChI is InChI=1S/C21H30N2O/c1-4-5-7-10-18(2)21(19-11-8-6-9-12-19)23-15-14-22-20(17-23)13-16-24-3/h4-12,20-22H,1,13-17H2,2-3H3/b7-5-,18-10+/t20-,21?/m0/s1. The van der Waals surface area contributed by atoms with Crippen LogP contribution in [0.2, 0.25) is 0 Å². The Morgan fingerprint density at radius 3 is 2.88 bits per heavy atom. The first-order chi connectivity index (χ1) is 11.8. The maximum Gasteiger partial charge on any atom is 0.0562 e. The minimum absolute atomic E-state index is 0.313. The van der Waals surface area contributed by atoms with Crippen LogP contribution < -0.4 is 5.32 Å². The molecular weight excluding hydrogens is 296 g/mol. The first kappa shape index (κ1) is 18.7. The van der Waals surface area contributed by atoms with Gasteiger partial charge in [0.15, 0.2) is 0 Å². The molecule has 0 bridgehead atoms. The average molecular weight is 326 g/mol. The molecule has 1 aromatic rings. The lowest BCUT2D eigenvalue weighted by atomic mass is 9.96. The Balaban J connectivity index is 2.20. The van der Waals surface area contributed by atoms with Gasteiger partial charge in [-0.05, 0) is 18.9 Å². The second-order valence-electron chi connectivity index (χ2n) is 6.27. The van der Waals surface area contributed by atoms with Gasteiger partial charge in [-0.3, -0.25) is 4.90 Å². The van der Waals surface area contributed by atoms with Crippen LogP contribution in [0.1, 0.15) is 24.9 Å². The van der Waals surface area contributed by atoms with Gasteiger partial charge >= 0.3 is 0 Å². The highest BCUT2D eigenvalue weighted by molar-refractivity contribution is 5.30. The van der Waals surface area contributed by atoms with Crippen molar-refractivity contribution >= 4 is 0 Å². The van der Waals surface area contributed by atoms with Gasteiger partial charge in [-0.25, -0.2) is 0 Å². The van der Waals surface area contributed by atoms with E-state index in [0.29, 0.717) is 12.1 Å². The highest BCUT2D eigenvalue weighted by Crippen LogP contribution is 2.29. The zero-order chi connectivity index (χ0) is 17.2. The van der Waals surface area contributed by atoms with E-state index in [-0.39, 0.29) is 0 Å². The third-order valence-electron chi connectivity index (χ3n) is 4.48. The maximum absolute atomic E-state index is 5.25. The highest BCUT2D eigenvalue weighted by Gasteiger charge is 2.27. The second kappa shape index (κ2) is 10.2. The molecule has 1 aliphatic rings. The van der Waals surface area contributed by atoms with Crippen molar-refractivity contribution in [3.8, 4) is 0 Å². The molecule has 0 aromatic heterocycles. The van der Waals surface area contributed by atoms with E-state index >= 15 is 0 Å². The van der Waals surface area contributed by atoms with Crippen LogP contribution in [0, 0.1) is 0 Å². The Bertz CT molecular complexity index is 550. The van der Waals surface area contributed by atoms with Gasteiger partial charge in [0.05, 0.1) is 6.04 Å². The van der Waals surface area contributed by atoms with Crippen LogP contribution in [0.25, 0.3) is 0 Å². The molecule has 0 spiro atoms. The Morgan fingerprint density at radius 1 is 1.38 bits per heavy atom. The summed E-state index contributed by atoms with van der Waals surface area (Å²) >= 11 is 0. The van der Waals surface area contributed by atoms with Crippen molar-refractivity contribution in [1.29, 1.82) is 0 Å². The van der Waals surface area contributed by atoms with Crippen molar-refractivity contribution in [2.24, 2.45) is 0 Å². The zero-order valence-corrected chi connectivity index (χ0v) is 14.9. The van der Waals surface area contributed by atoms with Gasteiger partial charge in [-0.2, -0.15) is 0 Å². The number of nitrogens with one attached hydrogen (secondary N) is 1. The van der Waals surface area contributed by atoms with Gasteiger partial charge < -0.3 is 10.1 Å². The number of allylic oxidation sites excluding steroid dienone is 4. The number of nitrogens with zero attached hydrogens (tertiary/aromatic N) is 1. The van der Waals surface area contributed by atoms with Gasteiger partial charge in [0, 0.05) is 39.4 Å². The van der Waals surface area contributed by atoms with Crippen molar-refractivity contribution < 1.29 is 4.74 Å². The number of benzene rings is 1. The van der Waals surface area contributed by atoms with Gasteiger partial charge in [0.1, 0.15) is 0 Å². The molecule has 0 saturated carbocycles. The van der Waals surface area contributed by atoms with Crippen molar-refractivity contribution in [2.45, 2.75) is 25.4 Å². The first-order valence-corrected chi connectivity index (χ1v) is 8.73. The lowest BCUT2D eigenvalue weighted by Gasteiger charge is -2.39. The largest absolute Gasteiger partial charge is 0.385 e. The van der Waals surface area contributed by atoms with Gasteiger partial charge in [0.25, 0.3) is 0 Å². The molecule has 0 radical (unpaired) electrons. The Labute approximate surface area is 146 Å². The predicted octanol–water partition coefficient (Wildman–Crippen LogP) is 3.73. The maximum atomic E-state index is 5.25. The monoisotopic (exact) mass is 326 g/mol. The first-order valence-electron chi connectivity index (χ1n) is 8.73. The van der Waals surface area contributed by atoms with Crippen LogP contribution in [0.3, 0.4) is 0 Å². The molecule has 1 saturated heterocycles. The number of hydrogen-bond acceptors (Lipinski definition) is 3. The van der Waals surface area contributed by atoms with Gasteiger partial charge in [0.2, 0.25) is 0 Å². The minimum Gasteiger partial charge on any atom is -0.385 e. The van der Waals surface area contributed by atoms with E-state index in [0.717, 1.165) is 32.7 Å². The molecule has 1 heterocycles.